The minimum atomic E-state index is -1.95. The highest BCUT2D eigenvalue weighted by Crippen LogP contribution is 2.14. The van der Waals surface area contributed by atoms with Crippen molar-refractivity contribution in [3.05, 3.63) is 18.2 Å². The fraction of sp³-hybridized carbons (Fsp3) is 0.143. The van der Waals surface area contributed by atoms with E-state index in [-0.39, 0.29) is 0 Å². The molecule has 1 unspecified atom stereocenters. The molecule has 1 aromatic carbocycles. The molecule has 0 aliphatic heterocycles. The van der Waals surface area contributed by atoms with E-state index in [9.17, 15) is 4.21 Å². The molecule has 1 N–H and O–H groups in total. The molecule has 68 valence electrons. The van der Waals surface area contributed by atoms with Gasteiger partial charge in [-0.25, -0.2) is 8.89 Å². The molecule has 6 heteroatoms. The molecule has 0 amide bonds. The van der Waals surface area contributed by atoms with Crippen LogP contribution in [0.15, 0.2) is 23.1 Å². The highest BCUT2D eigenvalue weighted by molar-refractivity contribution is 7.79. The van der Waals surface area contributed by atoms with Crippen molar-refractivity contribution in [2.75, 3.05) is 0 Å². The lowest BCUT2D eigenvalue weighted by Gasteiger charge is -1.94. The Bertz CT molecular complexity index is 480. The van der Waals surface area contributed by atoms with Gasteiger partial charge in [0.2, 0.25) is 0 Å². The van der Waals surface area contributed by atoms with Crippen molar-refractivity contribution in [1.29, 1.82) is 0 Å². The van der Waals surface area contributed by atoms with Crippen molar-refractivity contribution in [3.63, 3.8) is 0 Å². The molecule has 0 aliphatic rings. The Labute approximate surface area is 76.7 Å². The molecule has 1 heterocycles. The first-order valence-electron chi connectivity index (χ1n) is 3.59. The molecular formula is C7H7N3O2S. The Kier molecular flexibility index (Phi) is 1.86. The van der Waals surface area contributed by atoms with Gasteiger partial charge in [0, 0.05) is 7.05 Å². The quantitative estimate of drug-likeness (QED) is 0.678. The number of rotatable bonds is 1. The normalized spacial score (nSPS) is 13.4. The summed E-state index contributed by atoms with van der Waals surface area (Å²) in [4.78, 5) is 0.341. The average molecular weight is 197 g/mol. The molecule has 0 radical (unpaired) electrons. The highest BCUT2D eigenvalue weighted by Gasteiger charge is 2.04. The van der Waals surface area contributed by atoms with E-state index < -0.39 is 11.1 Å². The van der Waals surface area contributed by atoms with Gasteiger partial charge in [0.25, 0.3) is 0 Å². The summed E-state index contributed by atoms with van der Waals surface area (Å²) >= 11 is -1.95. The molecule has 13 heavy (non-hydrogen) atoms. The number of hydrogen-bond donors (Lipinski definition) is 1. The predicted octanol–water partition coefficient (Wildman–Crippen LogP) is 0.549. The molecule has 1 atom stereocenters. The lowest BCUT2D eigenvalue weighted by Crippen LogP contribution is -1.90. The van der Waals surface area contributed by atoms with Crippen LogP contribution in [0.3, 0.4) is 0 Å². The molecule has 0 aliphatic carbocycles. The molecular weight excluding hydrogens is 190 g/mol. The largest absolute Gasteiger partial charge is 0.302 e. The fourth-order valence-corrected chi connectivity index (χ4v) is 1.53. The lowest BCUT2D eigenvalue weighted by atomic mass is 10.3. The van der Waals surface area contributed by atoms with Gasteiger partial charge in [-0.3, -0.25) is 0 Å². The van der Waals surface area contributed by atoms with E-state index in [4.69, 9.17) is 4.55 Å². The SMILES string of the molecule is Cn1nnc2cc(S(=O)O)ccc21. The van der Waals surface area contributed by atoms with Crippen LogP contribution < -0.4 is 0 Å². The van der Waals surface area contributed by atoms with E-state index in [0.29, 0.717) is 10.4 Å². The zero-order chi connectivity index (χ0) is 9.42. The van der Waals surface area contributed by atoms with Crippen molar-refractivity contribution in [1.82, 2.24) is 15.0 Å². The summed E-state index contributed by atoms with van der Waals surface area (Å²) in [6.07, 6.45) is 0. The first-order valence-corrected chi connectivity index (χ1v) is 4.69. The van der Waals surface area contributed by atoms with Crippen molar-refractivity contribution < 1.29 is 8.76 Å². The Hall–Kier alpha value is -1.27. The van der Waals surface area contributed by atoms with Gasteiger partial charge in [0.1, 0.15) is 5.52 Å². The number of nitrogens with zero attached hydrogens (tertiary/aromatic N) is 3. The zero-order valence-electron chi connectivity index (χ0n) is 6.84. The van der Waals surface area contributed by atoms with Gasteiger partial charge in [-0.2, -0.15) is 0 Å². The third-order valence-electron chi connectivity index (χ3n) is 1.78. The monoisotopic (exact) mass is 197 g/mol. The molecule has 2 aromatic rings. The third kappa shape index (κ3) is 1.34. The minimum Gasteiger partial charge on any atom is -0.302 e. The van der Waals surface area contributed by atoms with Crippen LogP contribution in [0.2, 0.25) is 0 Å². The van der Waals surface area contributed by atoms with Gasteiger partial charge < -0.3 is 4.55 Å². The third-order valence-corrected chi connectivity index (χ3v) is 2.44. The number of hydrogen-bond acceptors (Lipinski definition) is 3. The summed E-state index contributed by atoms with van der Waals surface area (Å²) in [5.74, 6) is 0. The van der Waals surface area contributed by atoms with Crippen LogP contribution >= 0.6 is 0 Å². The summed E-state index contributed by atoms with van der Waals surface area (Å²) in [5, 5.41) is 7.61. The molecule has 1 aromatic heterocycles. The smallest absolute Gasteiger partial charge is 0.186 e. The predicted molar refractivity (Wildman–Crippen MR) is 47.5 cm³/mol. The number of aromatic nitrogens is 3. The van der Waals surface area contributed by atoms with E-state index >= 15 is 0 Å². The van der Waals surface area contributed by atoms with Crippen molar-refractivity contribution in [2.24, 2.45) is 7.05 Å². The molecule has 5 nitrogen and oxygen atoms in total. The number of fused-ring (bicyclic) bond motifs is 1. The lowest BCUT2D eigenvalue weighted by molar-refractivity contribution is 0.564. The maximum Gasteiger partial charge on any atom is 0.186 e. The van der Waals surface area contributed by atoms with E-state index in [1.54, 1.807) is 29.9 Å². The second-order valence-corrected chi connectivity index (χ2v) is 3.58. The standard InChI is InChI=1S/C7H7N3O2S/c1-10-7-3-2-5(13(11)12)4-6(7)8-9-10/h2-4H,1H3,(H,11,12). The topological polar surface area (TPSA) is 68.0 Å². The molecule has 0 saturated heterocycles. The summed E-state index contributed by atoms with van der Waals surface area (Å²) < 4.78 is 21.1. The Morgan fingerprint density at radius 3 is 3.00 bits per heavy atom. The maximum atomic E-state index is 10.7. The first-order chi connectivity index (χ1) is 6.18. The van der Waals surface area contributed by atoms with Crippen LogP contribution in [-0.2, 0) is 18.1 Å². The second-order valence-electron chi connectivity index (χ2n) is 2.61. The molecule has 0 spiro atoms. The molecule has 0 fully saturated rings. The Morgan fingerprint density at radius 2 is 2.31 bits per heavy atom. The van der Waals surface area contributed by atoms with Gasteiger partial charge in [-0.1, -0.05) is 5.21 Å². The Morgan fingerprint density at radius 1 is 1.54 bits per heavy atom. The van der Waals surface area contributed by atoms with Crippen molar-refractivity contribution in [2.45, 2.75) is 4.90 Å². The van der Waals surface area contributed by atoms with Crippen molar-refractivity contribution in [3.8, 4) is 0 Å². The van der Waals surface area contributed by atoms with Gasteiger partial charge in [-0.15, -0.1) is 5.10 Å². The molecule has 0 bridgehead atoms. The molecule has 0 saturated carbocycles. The maximum absolute atomic E-state index is 10.7. The summed E-state index contributed by atoms with van der Waals surface area (Å²) in [6.45, 7) is 0. The van der Waals surface area contributed by atoms with Crippen LogP contribution in [-0.4, -0.2) is 23.8 Å². The van der Waals surface area contributed by atoms with Gasteiger partial charge >= 0.3 is 0 Å². The van der Waals surface area contributed by atoms with E-state index in [1.807, 2.05) is 0 Å². The van der Waals surface area contributed by atoms with Crippen LogP contribution in [0.1, 0.15) is 0 Å². The summed E-state index contributed by atoms with van der Waals surface area (Å²) in [6, 6.07) is 4.86. The van der Waals surface area contributed by atoms with Crippen LogP contribution in [0.5, 0.6) is 0 Å². The Balaban J connectivity index is 2.70. The molecule has 2 rings (SSSR count). The van der Waals surface area contributed by atoms with E-state index in [2.05, 4.69) is 10.3 Å². The van der Waals surface area contributed by atoms with Crippen LogP contribution in [0.4, 0.5) is 0 Å². The highest BCUT2D eigenvalue weighted by atomic mass is 32.2. The van der Waals surface area contributed by atoms with Gasteiger partial charge in [-0.05, 0) is 18.2 Å². The first kappa shape index (κ1) is 8.33. The van der Waals surface area contributed by atoms with Crippen molar-refractivity contribution >= 4 is 22.1 Å². The zero-order valence-corrected chi connectivity index (χ0v) is 7.65. The van der Waals surface area contributed by atoms with Crippen LogP contribution in [0.25, 0.3) is 11.0 Å². The van der Waals surface area contributed by atoms with Gasteiger partial charge in [0.05, 0.1) is 10.4 Å². The summed E-state index contributed by atoms with van der Waals surface area (Å²) in [5.41, 5.74) is 1.47. The fourth-order valence-electron chi connectivity index (χ4n) is 1.13. The minimum absolute atomic E-state index is 0.341. The summed E-state index contributed by atoms with van der Waals surface area (Å²) in [7, 11) is 1.77. The number of benzene rings is 1. The van der Waals surface area contributed by atoms with Crippen LogP contribution in [0, 0.1) is 0 Å². The number of aryl methyl sites for hydroxylation is 1. The van der Waals surface area contributed by atoms with Gasteiger partial charge in [0.15, 0.2) is 11.1 Å². The second kappa shape index (κ2) is 2.90. The van der Waals surface area contributed by atoms with E-state index in [0.717, 1.165) is 5.52 Å². The van der Waals surface area contributed by atoms with E-state index in [1.165, 1.54) is 0 Å². The average Bonchev–Trinajstić information content (AvgIpc) is 2.47.